The van der Waals surface area contributed by atoms with Gasteiger partial charge in [-0.25, -0.2) is 0 Å². The van der Waals surface area contributed by atoms with Crippen LogP contribution in [0.15, 0.2) is 53.1 Å². The molecule has 1 aromatic heterocycles. The zero-order chi connectivity index (χ0) is 19.3. The standard InChI is InChI=1S/C21H21ClN4O2/c22-18-6-2-1-5-17(18)21-24-20(28-25-21)12-11-19(27)23-15-7-9-16(10-8-15)26-13-3-4-14-26/h1-2,5-10H,3-4,11-14H2,(H,23,27). The summed E-state index contributed by atoms with van der Waals surface area (Å²) in [7, 11) is 0. The predicted octanol–water partition coefficient (Wildman–Crippen LogP) is 4.56. The molecule has 1 saturated heterocycles. The van der Waals surface area contributed by atoms with E-state index < -0.39 is 0 Å². The third kappa shape index (κ3) is 4.34. The molecule has 144 valence electrons. The lowest BCUT2D eigenvalue weighted by molar-refractivity contribution is -0.116. The summed E-state index contributed by atoms with van der Waals surface area (Å²) in [5, 5.41) is 7.42. The first-order valence-electron chi connectivity index (χ1n) is 9.41. The number of amides is 1. The Morgan fingerprint density at radius 2 is 1.86 bits per heavy atom. The minimum absolute atomic E-state index is 0.0913. The highest BCUT2D eigenvalue weighted by Gasteiger charge is 2.14. The van der Waals surface area contributed by atoms with Gasteiger partial charge in [-0.15, -0.1) is 0 Å². The first-order valence-corrected chi connectivity index (χ1v) is 9.79. The van der Waals surface area contributed by atoms with Crippen molar-refractivity contribution < 1.29 is 9.32 Å². The van der Waals surface area contributed by atoms with Crippen LogP contribution >= 0.6 is 11.6 Å². The van der Waals surface area contributed by atoms with Crippen molar-refractivity contribution in [3.05, 3.63) is 59.4 Å². The maximum atomic E-state index is 12.2. The number of hydrogen-bond acceptors (Lipinski definition) is 5. The molecule has 0 atom stereocenters. The highest BCUT2D eigenvalue weighted by molar-refractivity contribution is 6.33. The number of aromatic nitrogens is 2. The van der Waals surface area contributed by atoms with Crippen molar-refractivity contribution in [1.82, 2.24) is 10.1 Å². The Bertz CT molecular complexity index is 949. The van der Waals surface area contributed by atoms with Gasteiger partial charge in [0, 0.05) is 42.9 Å². The molecule has 2 heterocycles. The average Bonchev–Trinajstić information content (AvgIpc) is 3.40. The van der Waals surface area contributed by atoms with Crippen molar-refractivity contribution in [2.75, 3.05) is 23.3 Å². The molecule has 7 heteroatoms. The van der Waals surface area contributed by atoms with Crippen LogP contribution in [0.5, 0.6) is 0 Å². The van der Waals surface area contributed by atoms with Crippen molar-refractivity contribution in [3.63, 3.8) is 0 Å². The average molecular weight is 397 g/mol. The van der Waals surface area contributed by atoms with Crippen LogP contribution in [0.25, 0.3) is 11.4 Å². The molecule has 0 radical (unpaired) electrons. The summed E-state index contributed by atoms with van der Waals surface area (Å²) in [4.78, 5) is 18.9. The van der Waals surface area contributed by atoms with E-state index in [0.29, 0.717) is 28.7 Å². The number of carbonyl (C=O) groups excluding carboxylic acids is 1. The molecule has 1 N–H and O–H groups in total. The summed E-state index contributed by atoms with van der Waals surface area (Å²) >= 11 is 6.15. The number of halogens is 1. The number of nitrogens with zero attached hydrogens (tertiary/aromatic N) is 3. The van der Waals surface area contributed by atoms with E-state index >= 15 is 0 Å². The quantitative estimate of drug-likeness (QED) is 0.661. The maximum absolute atomic E-state index is 12.2. The molecule has 0 unspecified atom stereocenters. The lowest BCUT2D eigenvalue weighted by atomic mass is 10.2. The Morgan fingerprint density at radius 3 is 2.61 bits per heavy atom. The summed E-state index contributed by atoms with van der Waals surface area (Å²) in [6.07, 6.45) is 3.12. The number of anilines is 2. The van der Waals surface area contributed by atoms with Crippen LogP contribution in [0.2, 0.25) is 5.02 Å². The number of carbonyl (C=O) groups is 1. The zero-order valence-corrected chi connectivity index (χ0v) is 16.2. The molecule has 1 aliphatic heterocycles. The smallest absolute Gasteiger partial charge is 0.227 e. The van der Waals surface area contributed by atoms with Gasteiger partial charge in [0.05, 0.1) is 5.02 Å². The first kappa shape index (κ1) is 18.5. The highest BCUT2D eigenvalue weighted by Crippen LogP contribution is 2.25. The third-order valence-electron chi connectivity index (χ3n) is 4.77. The lowest BCUT2D eigenvalue weighted by Gasteiger charge is -2.17. The van der Waals surface area contributed by atoms with Crippen LogP contribution in [-0.4, -0.2) is 29.1 Å². The van der Waals surface area contributed by atoms with Crippen molar-refractivity contribution in [2.45, 2.75) is 25.7 Å². The summed E-state index contributed by atoms with van der Waals surface area (Å²) < 4.78 is 5.24. The largest absolute Gasteiger partial charge is 0.372 e. The summed E-state index contributed by atoms with van der Waals surface area (Å²) in [5.74, 6) is 0.749. The van der Waals surface area contributed by atoms with Gasteiger partial charge in [0.25, 0.3) is 0 Å². The van der Waals surface area contributed by atoms with Crippen LogP contribution in [0.3, 0.4) is 0 Å². The SMILES string of the molecule is O=C(CCc1nc(-c2ccccc2Cl)no1)Nc1ccc(N2CCCC2)cc1. The van der Waals surface area contributed by atoms with Crippen LogP contribution in [-0.2, 0) is 11.2 Å². The summed E-state index contributed by atoms with van der Waals surface area (Å²) in [6, 6.07) is 15.3. The Hall–Kier alpha value is -2.86. The Labute approximate surface area is 168 Å². The molecule has 1 aliphatic rings. The van der Waals surface area contributed by atoms with E-state index in [1.807, 2.05) is 30.3 Å². The molecule has 0 bridgehead atoms. The van der Waals surface area contributed by atoms with Gasteiger partial charge in [0.1, 0.15) is 0 Å². The van der Waals surface area contributed by atoms with Crippen molar-refractivity contribution >= 4 is 28.9 Å². The number of aryl methyl sites for hydroxylation is 1. The second-order valence-corrected chi connectivity index (χ2v) is 7.19. The lowest BCUT2D eigenvalue weighted by Crippen LogP contribution is -2.17. The van der Waals surface area contributed by atoms with Gasteiger partial charge in [-0.2, -0.15) is 4.98 Å². The van der Waals surface area contributed by atoms with E-state index in [1.165, 1.54) is 18.5 Å². The minimum Gasteiger partial charge on any atom is -0.372 e. The normalized spacial score (nSPS) is 13.7. The Morgan fingerprint density at radius 1 is 1.11 bits per heavy atom. The first-order chi connectivity index (χ1) is 13.7. The third-order valence-corrected chi connectivity index (χ3v) is 5.10. The van der Waals surface area contributed by atoms with Crippen LogP contribution in [0, 0.1) is 0 Å². The van der Waals surface area contributed by atoms with Crippen LogP contribution in [0.1, 0.15) is 25.2 Å². The van der Waals surface area contributed by atoms with Crippen molar-refractivity contribution in [2.24, 2.45) is 0 Å². The molecule has 28 heavy (non-hydrogen) atoms. The van der Waals surface area contributed by atoms with Gasteiger partial charge >= 0.3 is 0 Å². The molecule has 6 nitrogen and oxygen atoms in total. The molecule has 2 aromatic carbocycles. The van der Waals surface area contributed by atoms with E-state index in [2.05, 4.69) is 32.5 Å². The van der Waals surface area contributed by atoms with Crippen LogP contribution < -0.4 is 10.2 Å². The van der Waals surface area contributed by atoms with E-state index in [0.717, 1.165) is 18.8 Å². The van der Waals surface area contributed by atoms with Gasteiger partial charge in [-0.1, -0.05) is 28.9 Å². The molecule has 1 amide bonds. The maximum Gasteiger partial charge on any atom is 0.227 e. The van der Waals surface area contributed by atoms with Gasteiger partial charge in [-0.3, -0.25) is 4.79 Å². The fraction of sp³-hybridized carbons (Fsp3) is 0.286. The Kier molecular flexibility index (Phi) is 5.58. The fourth-order valence-electron chi connectivity index (χ4n) is 3.28. The van der Waals surface area contributed by atoms with E-state index in [9.17, 15) is 4.79 Å². The minimum atomic E-state index is -0.0913. The van der Waals surface area contributed by atoms with Gasteiger partial charge in [-0.05, 0) is 49.2 Å². The predicted molar refractivity (Wildman–Crippen MR) is 110 cm³/mol. The molecule has 1 fully saturated rings. The number of hydrogen-bond donors (Lipinski definition) is 1. The summed E-state index contributed by atoms with van der Waals surface area (Å²) in [6.45, 7) is 2.21. The summed E-state index contributed by atoms with van der Waals surface area (Å²) in [5.41, 5.74) is 2.70. The van der Waals surface area contributed by atoms with Crippen molar-refractivity contribution in [3.8, 4) is 11.4 Å². The number of benzene rings is 2. The number of nitrogens with one attached hydrogen (secondary N) is 1. The van der Waals surface area contributed by atoms with Gasteiger partial charge in [0.2, 0.25) is 17.6 Å². The van der Waals surface area contributed by atoms with Gasteiger partial charge < -0.3 is 14.7 Å². The van der Waals surface area contributed by atoms with E-state index in [-0.39, 0.29) is 12.3 Å². The zero-order valence-electron chi connectivity index (χ0n) is 15.4. The fourth-order valence-corrected chi connectivity index (χ4v) is 3.50. The number of rotatable bonds is 6. The topological polar surface area (TPSA) is 71.3 Å². The molecule has 0 aliphatic carbocycles. The molecular formula is C21H21ClN4O2. The monoisotopic (exact) mass is 396 g/mol. The Balaban J connectivity index is 1.30. The van der Waals surface area contributed by atoms with Crippen molar-refractivity contribution in [1.29, 1.82) is 0 Å². The second kappa shape index (κ2) is 8.44. The van der Waals surface area contributed by atoms with Crippen LogP contribution in [0.4, 0.5) is 11.4 Å². The van der Waals surface area contributed by atoms with E-state index in [1.54, 1.807) is 6.07 Å². The van der Waals surface area contributed by atoms with E-state index in [4.69, 9.17) is 16.1 Å². The highest BCUT2D eigenvalue weighted by atomic mass is 35.5. The second-order valence-electron chi connectivity index (χ2n) is 6.78. The molecule has 3 aromatic rings. The molecule has 0 saturated carbocycles. The molecular weight excluding hydrogens is 376 g/mol. The molecule has 4 rings (SSSR count). The molecule has 0 spiro atoms. The van der Waals surface area contributed by atoms with Gasteiger partial charge in [0.15, 0.2) is 0 Å².